The SMILES string of the molecule is Brc1cc(OCC2CO2)ccc1-c1ccn(-c2ccc(OCC3CO3)cc2Br)n1. The van der Waals surface area contributed by atoms with Gasteiger partial charge in [-0.15, -0.1) is 0 Å². The van der Waals surface area contributed by atoms with E-state index >= 15 is 0 Å². The van der Waals surface area contributed by atoms with Crippen molar-refractivity contribution in [2.45, 2.75) is 12.2 Å². The lowest BCUT2D eigenvalue weighted by atomic mass is 10.1. The maximum absolute atomic E-state index is 5.74. The number of nitrogens with zero attached hydrogens (tertiary/aromatic N) is 2. The van der Waals surface area contributed by atoms with Crippen LogP contribution < -0.4 is 9.47 Å². The number of ether oxygens (including phenoxy) is 4. The van der Waals surface area contributed by atoms with E-state index in [-0.39, 0.29) is 12.2 Å². The fourth-order valence-electron chi connectivity index (χ4n) is 2.87. The van der Waals surface area contributed by atoms with E-state index in [1.54, 1.807) is 0 Å². The standard InChI is InChI=1S/C21H18Br2N2O4/c22-18-7-13(26-9-15-11-28-15)1-3-17(18)20-5-6-25(24-20)21-4-2-14(8-19(21)23)27-10-16-12-29-16/h1-8,15-16H,9-12H2. The Labute approximate surface area is 185 Å². The first kappa shape index (κ1) is 19.1. The quantitative estimate of drug-likeness (QED) is 0.405. The first-order valence-corrected chi connectivity index (χ1v) is 10.9. The van der Waals surface area contributed by atoms with Crippen LogP contribution in [0.15, 0.2) is 57.6 Å². The first-order valence-electron chi connectivity index (χ1n) is 9.30. The van der Waals surface area contributed by atoms with E-state index in [0.717, 1.165) is 50.6 Å². The van der Waals surface area contributed by atoms with Gasteiger partial charge in [-0.25, -0.2) is 4.68 Å². The Morgan fingerprint density at radius 2 is 1.52 bits per heavy atom. The second kappa shape index (κ2) is 8.10. The highest BCUT2D eigenvalue weighted by Gasteiger charge is 2.24. The highest BCUT2D eigenvalue weighted by atomic mass is 79.9. The van der Waals surface area contributed by atoms with Gasteiger partial charge in [0.25, 0.3) is 0 Å². The van der Waals surface area contributed by atoms with Crippen LogP contribution in [0, 0.1) is 0 Å². The van der Waals surface area contributed by atoms with Crippen molar-refractivity contribution < 1.29 is 18.9 Å². The van der Waals surface area contributed by atoms with Crippen molar-refractivity contribution in [3.8, 4) is 28.4 Å². The van der Waals surface area contributed by atoms with Crippen molar-refractivity contribution in [3.63, 3.8) is 0 Å². The van der Waals surface area contributed by atoms with Gasteiger partial charge in [-0.1, -0.05) is 0 Å². The molecule has 2 aliphatic rings. The molecule has 1 aromatic heterocycles. The number of rotatable bonds is 8. The van der Waals surface area contributed by atoms with E-state index in [4.69, 9.17) is 24.0 Å². The lowest BCUT2D eigenvalue weighted by Gasteiger charge is -2.09. The molecule has 0 amide bonds. The normalized spacial score (nSPS) is 19.8. The second-order valence-electron chi connectivity index (χ2n) is 6.93. The maximum Gasteiger partial charge on any atom is 0.120 e. The van der Waals surface area contributed by atoms with Crippen LogP contribution in [0.1, 0.15) is 0 Å². The molecule has 5 rings (SSSR count). The van der Waals surface area contributed by atoms with Crippen LogP contribution in [-0.2, 0) is 9.47 Å². The molecule has 6 nitrogen and oxygen atoms in total. The zero-order valence-corrected chi connectivity index (χ0v) is 18.6. The Morgan fingerprint density at radius 1 is 0.897 bits per heavy atom. The summed E-state index contributed by atoms with van der Waals surface area (Å²) in [7, 11) is 0. The summed E-state index contributed by atoms with van der Waals surface area (Å²) >= 11 is 7.26. The van der Waals surface area contributed by atoms with Gasteiger partial charge in [0.15, 0.2) is 0 Å². The third-order valence-corrected chi connectivity index (χ3v) is 5.94. The van der Waals surface area contributed by atoms with Gasteiger partial charge in [-0.3, -0.25) is 0 Å². The number of hydrogen-bond donors (Lipinski definition) is 0. The van der Waals surface area contributed by atoms with Crippen molar-refractivity contribution >= 4 is 31.9 Å². The molecule has 8 heteroatoms. The fourth-order valence-corrected chi connectivity index (χ4v) is 3.97. The molecule has 0 N–H and O–H groups in total. The average molecular weight is 522 g/mol. The fraction of sp³-hybridized carbons (Fsp3) is 0.286. The predicted octanol–water partition coefficient (Wildman–Crippen LogP) is 4.62. The van der Waals surface area contributed by atoms with Crippen LogP contribution >= 0.6 is 31.9 Å². The largest absolute Gasteiger partial charge is 0.491 e. The lowest BCUT2D eigenvalue weighted by Crippen LogP contribution is -2.04. The zero-order chi connectivity index (χ0) is 19.8. The Balaban J connectivity index is 1.32. The van der Waals surface area contributed by atoms with Crippen LogP contribution in [0.2, 0.25) is 0 Å². The summed E-state index contributed by atoms with van der Waals surface area (Å²) in [5, 5.41) is 4.74. The molecule has 150 valence electrons. The third-order valence-electron chi connectivity index (χ3n) is 4.65. The molecule has 0 spiro atoms. The molecule has 0 radical (unpaired) electrons. The molecule has 2 unspecified atom stereocenters. The minimum absolute atomic E-state index is 0.236. The van der Waals surface area contributed by atoms with Gasteiger partial charge in [-0.2, -0.15) is 5.10 Å². The third kappa shape index (κ3) is 4.66. The van der Waals surface area contributed by atoms with Crippen molar-refractivity contribution in [1.82, 2.24) is 9.78 Å². The van der Waals surface area contributed by atoms with Crippen LogP contribution in [0.5, 0.6) is 11.5 Å². The van der Waals surface area contributed by atoms with Gasteiger partial charge < -0.3 is 18.9 Å². The highest BCUT2D eigenvalue weighted by molar-refractivity contribution is 9.11. The molecule has 2 fully saturated rings. The summed E-state index contributed by atoms with van der Waals surface area (Å²) < 4.78 is 25.5. The molecule has 29 heavy (non-hydrogen) atoms. The van der Waals surface area contributed by atoms with E-state index in [2.05, 4.69) is 31.9 Å². The van der Waals surface area contributed by atoms with Gasteiger partial charge in [0.1, 0.15) is 36.9 Å². The molecule has 2 aliphatic heterocycles. The van der Waals surface area contributed by atoms with Crippen molar-refractivity contribution in [3.05, 3.63) is 57.6 Å². The van der Waals surface area contributed by atoms with E-state index in [1.807, 2.05) is 53.3 Å². The summed E-state index contributed by atoms with van der Waals surface area (Å²) in [6.07, 6.45) is 2.41. The number of benzene rings is 2. The molecule has 0 saturated carbocycles. The first-order chi connectivity index (χ1) is 14.2. The Kier molecular flexibility index (Phi) is 5.34. The summed E-state index contributed by atoms with van der Waals surface area (Å²) in [4.78, 5) is 0. The number of halogens is 2. The predicted molar refractivity (Wildman–Crippen MR) is 115 cm³/mol. The van der Waals surface area contributed by atoms with Gasteiger partial charge in [-0.05, 0) is 74.3 Å². The summed E-state index contributed by atoms with van der Waals surface area (Å²) in [5.41, 5.74) is 2.80. The van der Waals surface area contributed by atoms with Crippen LogP contribution in [0.3, 0.4) is 0 Å². The topological polar surface area (TPSA) is 61.3 Å². The van der Waals surface area contributed by atoms with E-state index in [1.165, 1.54) is 0 Å². The Hall–Kier alpha value is -1.87. The summed E-state index contributed by atoms with van der Waals surface area (Å²) in [6, 6.07) is 13.8. The highest BCUT2D eigenvalue weighted by Crippen LogP contribution is 2.32. The monoisotopic (exact) mass is 520 g/mol. The lowest BCUT2D eigenvalue weighted by molar-refractivity contribution is 0.263. The molecule has 2 aromatic carbocycles. The van der Waals surface area contributed by atoms with Crippen molar-refractivity contribution in [2.75, 3.05) is 26.4 Å². The molecule has 0 aliphatic carbocycles. The minimum Gasteiger partial charge on any atom is -0.491 e. The van der Waals surface area contributed by atoms with E-state index in [0.29, 0.717) is 13.2 Å². The van der Waals surface area contributed by atoms with Crippen molar-refractivity contribution in [1.29, 1.82) is 0 Å². The van der Waals surface area contributed by atoms with Crippen LogP contribution in [-0.4, -0.2) is 48.4 Å². The minimum atomic E-state index is 0.236. The van der Waals surface area contributed by atoms with Crippen LogP contribution in [0.4, 0.5) is 0 Å². The Morgan fingerprint density at radius 3 is 2.10 bits per heavy atom. The van der Waals surface area contributed by atoms with Gasteiger partial charge in [0, 0.05) is 20.7 Å². The van der Waals surface area contributed by atoms with E-state index in [9.17, 15) is 0 Å². The number of epoxide rings is 2. The molecular weight excluding hydrogens is 504 g/mol. The molecule has 0 bridgehead atoms. The second-order valence-corrected chi connectivity index (χ2v) is 8.64. The maximum atomic E-state index is 5.74. The number of hydrogen-bond acceptors (Lipinski definition) is 5. The van der Waals surface area contributed by atoms with Gasteiger partial charge in [0.2, 0.25) is 0 Å². The zero-order valence-electron chi connectivity index (χ0n) is 15.4. The van der Waals surface area contributed by atoms with Crippen molar-refractivity contribution in [2.24, 2.45) is 0 Å². The Bertz CT molecular complexity index is 951. The molecule has 3 aromatic rings. The molecule has 2 atom stereocenters. The smallest absolute Gasteiger partial charge is 0.120 e. The van der Waals surface area contributed by atoms with Gasteiger partial charge >= 0.3 is 0 Å². The average Bonchev–Trinajstić information content (AvgIpc) is 3.64. The van der Waals surface area contributed by atoms with E-state index < -0.39 is 0 Å². The summed E-state index contributed by atoms with van der Waals surface area (Å²) in [6.45, 7) is 2.74. The number of aromatic nitrogens is 2. The van der Waals surface area contributed by atoms with Crippen LogP contribution in [0.25, 0.3) is 16.9 Å². The molecule has 3 heterocycles. The summed E-state index contributed by atoms with van der Waals surface area (Å²) in [5.74, 6) is 1.61. The molecule has 2 saturated heterocycles. The van der Waals surface area contributed by atoms with Gasteiger partial charge in [0.05, 0.1) is 24.6 Å². The molecular formula is C21H18Br2N2O4.